The van der Waals surface area contributed by atoms with E-state index in [9.17, 15) is 0 Å². The molecule has 1 aromatic heterocycles. The fourth-order valence-electron chi connectivity index (χ4n) is 2.72. The zero-order valence-electron chi connectivity index (χ0n) is 11.3. The van der Waals surface area contributed by atoms with E-state index in [0.717, 1.165) is 19.0 Å². The molecule has 5 nitrogen and oxygen atoms in total. The quantitative estimate of drug-likeness (QED) is 0.920. The van der Waals surface area contributed by atoms with Crippen molar-refractivity contribution in [2.75, 3.05) is 23.3 Å². The molecule has 2 aliphatic rings. The Labute approximate surface area is 118 Å². The summed E-state index contributed by atoms with van der Waals surface area (Å²) in [6, 6.07) is 0.402. The second kappa shape index (κ2) is 5.49. The van der Waals surface area contributed by atoms with Crippen LogP contribution in [0.3, 0.4) is 0 Å². The number of hydrogen-bond donors (Lipinski definition) is 1. The number of rotatable bonds is 4. The SMILES string of the molecule is CC(Nc1nc(Cl)nc(N2CCCC2)n1)C1CCC1. The van der Waals surface area contributed by atoms with E-state index in [0.29, 0.717) is 17.9 Å². The molecule has 6 heteroatoms. The third-order valence-electron chi connectivity index (χ3n) is 4.20. The van der Waals surface area contributed by atoms with E-state index < -0.39 is 0 Å². The van der Waals surface area contributed by atoms with Gasteiger partial charge in [-0.25, -0.2) is 0 Å². The first-order valence-corrected chi connectivity index (χ1v) is 7.53. The second-order valence-corrected chi connectivity index (χ2v) is 5.88. The van der Waals surface area contributed by atoms with Crippen molar-refractivity contribution in [3.8, 4) is 0 Å². The normalized spacial score (nSPS) is 21.3. The zero-order valence-corrected chi connectivity index (χ0v) is 12.0. The summed E-state index contributed by atoms with van der Waals surface area (Å²) in [5.74, 6) is 2.06. The van der Waals surface area contributed by atoms with Crippen molar-refractivity contribution in [2.45, 2.75) is 45.1 Å². The maximum atomic E-state index is 6.01. The van der Waals surface area contributed by atoms with Crippen LogP contribution in [-0.4, -0.2) is 34.1 Å². The van der Waals surface area contributed by atoms with E-state index in [4.69, 9.17) is 11.6 Å². The van der Waals surface area contributed by atoms with Crippen LogP contribution in [0.25, 0.3) is 0 Å². The lowest BCUT2D eigenvalue weighted by atomic mass is 9.80. The summed E-state index contributed by atoms with van der Waals surface area (Å²) in [6.07, 6.45) is 6.33. The van der Waals surface area contributed by atoms with Gasteiger partial charge in [-0.2, -0.15) is 15.0 Å². The van der Waals surface area contributed by atoms with E-state index in [1.54, 1.807) is 0 Å². The van der Waals surface area contributed by atoms with Gasteiger partial charge in [0.25, 0.3) is 0 Å². The van der Waals surface area contributed by atoms with E-state index in [1.807, 2.05) is 0 Å². The molecule has 0 radical (unpaired) electrons. The molecule has 0 amide bonds. The Kier molecular flexibility index (Phi) is 3.73. The fraction of sp³-hybridized carbons (Fsp3) is 0.769. The number of aromatic nitrogens is 3. The highest BCUT2D eigenvalue weighted by Gasteiger charge is 2.25. The summed E-state index contributed by atoms with van der Waals surface area (Å²) in [5, 5.41) is 3.65. The van der Waals surface area contributed by atoms with Crippen molar-refractivity contribution in [3.63, 3.8) is 0 Å². The molecule has 1 aromatic rings. The number of halogens is 1. The molecule has 1 unspecified atom stereocenters. The molecule has 1 N–H and O–H groups in total. The van der Waals surface area contributed by atoms with Gasteiger partial charge in [0.15, 0.2) is 0 Å². The van der Waals surface area contributed by atoms with Gasteiger partial charge in [0, 0.05) is 19.1 Å². The van der Waals surface area contributed by atoms with Crippen LogP contribution in [0.5, 0.6) is 0 Å². The van der Waals surface area contributed by atoms with Gasteiger partial charge in [0.05, 0.1) is 0 Å². The lowest BCUT2D eigenvalue weighted by Gasteiger charge is -2.31. The van der Waals surface area contributed by atoms with Crippen LogP contribution < -0.4 is 10.2 Å². The molecule has 0 bridgehead atoms. The minimum atomic E-state index is 0.278. The summed E-state index contributed by atoms with van der Waals surface area (Å²) in [7, 11) is 0. The van der Waals surface area contributed by atoms with Gasteiger partial charge in [-0.05, 0) is 50.1 Å². The van der Waals surface area contributed by atoms with Gasteiger partial charge in [0.1, 0.15) is 0 Å². The van der Waals surface area contributed by atoms with Crippen LogP contribution in [0.15, 0.2) is 0 Å². The maximum Gasteiger partial charge on any atom is 0.231 e. The molecule has 1 aliphatic heterocycles. The van der Waals surface area contributed by atoms with Gasteiger partial charge in [-0.3, -0.25) is 0 Å². The summed E-state index contributed by atoms with van der Waals surface area (Å²) < 4.78 is 0. The number of anilines is 2. The molecule has 0 aromatic carbocycles. The number of hydrogen-bond acceptors (Lipinski definition) is 5. The van der Waals surface area contributed by atoms with Crippen LogP contribution in [0.2, 0.25) is 5.28 Å². The summed E-state index contributed by atoms with van der Waals surface area (Å²) in [6.45, 7) is 4.22. The Morgan fingerprint density at radius 1 is 1.16 bits per heavy atom. The summed E-state index contributed by atoms with van der Waals surface area (Å²) in [5.41, 5.74) is 0. The van der Waals surface area contributed by atoms with Crippen molar-refractivity contribution in [1.82, 2.24) is 15.0 Å². The van der Waals surface area contributed by atoms with E-state index in [-0.39, 0.29) is 5.28 Å². The monoisotopic (exact) mass is 281 g/mol. The summed E-state index contributed by atoms with van der Waals surface area (Å²) in [4.78, 5) is 15.1. The third kappa shape index (κ3) is 2.91. The first-order valence-electron chi connectivity index (χ1n) is 7.15. The standard InChI is InChI=1S/C13H20ClN5/c1-9(10-5-4-6-10)15-12-16-11(14)17-13(18-12)19-7-2-3-8-19/h9-10H,2-8H2,1H3,(H,15,16,17,18). The van der Waals surface area contributed by atoms with Crippen LogP contribution >= 0.6 is 11.6 Å². The molecular weight excluding hydrogens is 262 g/mol. The molecular formula is C13H20ClN5. The van der Waals surface area contributed by atoms with Crippen molar-refractivity contribution >= 4 is 23.5 Å². The van der Waals surface area contributed by atoms with Gasteiger partial charge in [-0.15, -0.1) is 0 Å². The molecule has 2 fully saturated rings. The molecule has 104 valence electrons. The molecule has 2 heterocycles. The molecule has 1 saturated heterocycles. The molecule has 19 heavy (non-hydrogen) atoms. The van der Waals surface area contributed by atoms with E-state index >= 15 is 0 Å². The lowest BCUT2D eigenvalue weighted by molar-refractivity contribution is 0.284. The van der Waals surface area contributed by atoms with Crippen molar-refractivity contribution < 1.29 is 0 Å². The van der Waals surface area contributed by atoms with Gasteiger partial charge >= 0.3 is 0 Å². The second-order valence-electron chi connectivity index (χ2n) is 5.55. The van der Waals surface area contributed by atoms with Crippen LogP contribution in [0, 0.1) is 5.92 Å². The first-order chi connectivity index (χ1) is 9.22. The minimum absolute atomic E-state index is 0.278. The largest absolute Gasteiger partial charge is 0.351 e. The van der Waals surface area contributed by atoms with E-state index in [1.165, 1.54) is 32.1 Å². The zero-order chi connectivity index (χ0) is 13.2. The van der Waals surface area contributed by atoms with Gasteiger partial charge in [-0.1, -0.05) is 6.42 Å². The number of nitrogens with zero attached hydrogens (tertiary/aromatic N) is 4. The van der Waals surface area contributed by atoms with Crippen LogP contribution in [0.1, 0.15) is 39.0 Å². The van der Waals surface area contributed by atoms with Gasteiger partial charge in [0.2, 0.25) is 17.2 Å². The Hall–Kier alpha value is -1.10. The Morgan fingerprint density at radius 3 is 2.53 bits per heavy atom. The summed E-state index contributed by atoms with van der Waals surface area (Å²) >= 11 is 6.01. The first kappa shape index (κ1) is 12.9. The van der Waals surface area contributed by atoms with Crippen molar-refractivity contribution in [2.24, 2.45) is 5.92 Å². The molecule has 1 aliphatic carbocycles. The molecule has 3 rings (SSSR count). The average Bonchev–Trinajstić information content (AvgIpc) is 2.78. The number of nitrogens with one attached hydrogen (secondary N) is 1. The average molecular weight is 282 g/mol. The Balaban J connectivity index is 1.73. The Bertz CT molecular complexity index is 443. The molecule has 1 atom stereocenters. The van der Waals surface area contributed by atoms with E-state index in [2.05, 4.69) is 32.1 Å². The van der Waals surface area contributed by atoms with Crippen LogP contribution in [-0.2, 0) is 0 Å². The smallest absolute Gasteiger partial charge is 0.231 e. The highest BCUT2D eigenvalue weighted by Crippen LogP contribution is 2.30. The Morgan fingerprint density at radius 2 is 1.89 bits per heavy atom. The van der Waals surface area contributed by atoms with Crippen LogP contribution in [0.4, 0.5) is 11.9 Å². The fourth-order valence-corrected chi connectivity index (χ4v) is 2.88. The van der Waals surface area contributed by atoms with Crippen molar-refractivity contribution in [3.05, 3.63) is 5.28 Å². The predicted octanol–water partition coefficient (Wildman–Crippen LogP) is 2.73. The molecule has 0 spiro atoms. The maximum absolute atomic E-state index is 6.01. The van der Waals surface area contributed by atoms with Crippen molar-refractivity contribution in [1.29, 1.82) is 0 Å². The highest BCUT2D eigenvalue weighted by molar-refractivity contribution is 6.28. The third-order valence-corrected chi connectivity index (χ3v) is 4.37. The predicted molar refractivity (Wildman–Crippen MR) is 76.7 cm³/mol. The minimum Gasteiger partial charge on any atom is -0.351 e. The lowest BCUT2D eigenvalue weighted by Crippen LogP contribution is -2.32. The highest BCUT2D eigenvalue weighted by atomic mass is 35.5. The van der Waals surface area contributed by atoms with Gasteiger partial charge < -0.3 is 10.2 Å². The molecule has 1 saturated carbocycles. The topological polar surface area (TPSA) is 53.9 Å².